The van der Waals surface area contributed by atoms with Gasteiger partial charge in [0.2, 0.25) is 0 Å². The standard InChI is InChI=1S/C20H20O4S/c1-23-14-8-9-15-12(10-14)6-7-13-11-18(25-19(13)15)20(22)24-17-5-3-2-4-16(17)21/h8-11,17H,2-7H2,1H3/t17-/m1/s1. The third-order valence-corrected chi connectivity index (χ3v) is 6.17. The van der Waals surface area contributed by atoms with E-state index in [1.807, 2.05) is 12.1 Å². The predicted octanol–water partition coefficient (Wildman–Crippen LogP) is 4.19. The summed E-state index contributed by atoms with van der Waals surface area (Å²) in [6.45, 7) is 0. The number of rotatable bonds is 3. The molecule has 4 rings (SSSR count). The van der Waals surface area contributed by atoms with Crippen molar-refractivity contribution < 1.29 is 19.1 Å². The molecule has 0 unspecified atom stereocenters. The summed E-state index contributed by atoms with van der Waals surface area (Å²) in [6.07, 6.45) is 4.30. The molecule has 0 bridgehead atoms. The van der Waals surface area contributed by atoms with Crippen LogP contribution in [0.2, 0.25) is 0 Å². The first kappa shape index (κ1) is 16.3. The van der Waals surface area contributed by atoms with Crippen LogP contribution < -0.4 is 4.74 Å². The molecule has 1 fully saturated rings. The maximum absolute atomic E-state index is 12.5. The number of fused-ring (bicyclic) bond motifs is 3. The van der Waals surface area contributed by atoms with E-state index in [0.29, 0.717) is 17.7 Å². The van der Waals surface area contributed by atoms with Crippen LogP contribution in [0.25, 0.3) is 10.4 Å². The summed E-state index contributed by atoms with van der Waals surface area (Å²) in [6, 6.07) is 8.01. The fourth-order valence-corrected chi connectivity index (χ4v) is 4.75. The zero-order chi connectivity index (χ0) is 17.4. The number of aryl methyl sites for hydroxylation is 2. The van der Waals surface area contributed by atoms with Gasteiger partial charge in [0, 0.05) is 11.3 Å². The number of Topliss-reactive ketones (excluding diaryl/α,β-unsaturated/α-hetero) is 1. The van der Waals surface area contributed by atoms with Crippen LogP contribution in [0, 0.1) is 0 Å². The summed E-state index contributed by atoms with van der Waals surface area (Å²) in [5.74, 6) is 0.544. The number of methoxy groups -OCH3 is 1. The average Bonchev–Trinajstić information content (AvgIpc) is 3.08. The molecule has 1 heterocycles. The number of hydrogen-bond donors (Lipinski definition) is 0. The van der Waals surface area contributed by atoms with Gasteiger partial charge in [-0.25, -0.2) is 4.79 Å². The maximum atomic E-state index is 12.5. The van der Waals surface area contributed by atoms with Crippen LogP contribution in [0.5, 0.6) is 5.75 Å². The van der Waals surface area contributed by atoms with Crippen molar-refractivity contribution in [2.75, 3.05) is 7.11 Å². The van der Waals surface area contributed by atoms with E-state index in [2.05, 4.69) is 12.1 Å². The molecule has 2 aromatic rings. The molecule has 0 amide bonds. The molecule has 0 aliphatic heterocycles. The lowest BCUT2D eigenvalue weighted by molar-refractivity contribution is -0.129. The quantitative estimate of drug-likeness (QED) is 0.774. The average molecular weight is 356 g/mol. The van der Waals surface area contributed by atoms with E-state index < -0.39 is 6.10 Å². The second-order valence-electron chi connectivity index (χ2n) is 6.59. The summed E-state index contributed by atoms with van der Waals surface area (Å²) in [5, 5.41) is 0. The second kappa shape index (κ2) is 6.64. The first-order chi connectivity index (χ1) is 12.2. The minimum atomic E-state index is -0.558. The van der Waals surface area contributed by atoms with E-state index in [1.54, 1.807) is 7.11 Å². The van der Waals surface area contributed by atoms with Crippen LogP contribution >= 0.6 is 11.3 Å². The van der Waals surface area contributed by atoms with E-state index in [9.17, 15) is 9.59 Å². The van der Waals surface area contributed by atoms with Crippen molar-refractivity contribution in [2.45, 2.75) is 44.6 Å². The molecule has 2 aliphatic carbocycles. The monoisotopic (exact) mass is 356 g/mol. The highest BCUT2D eigenvalue weighted by molar-refractivity contribution is 7.17. The van der Waals surface area contributed by atoms with Crippen molar-refractivity contribution in [3.8, 4) is 16.2 Å². The van der Waals surface area contributed by atoms with E-state index in [4.69, 9.17) is 9.47 Å². The topological polar surface area (TPSA) is 52.6 Å². The van der Waals surface area contributed by atoms with E-state index in [-0.39, 0.29) is 11.8 Å². The molecule has 4 nitrogen and oxygen atoms in total. The Morgan fingerprint density at radius 3 is 2.76 bits per heavy atom. The number of thiophene rings is 1. The second-order valence-corrected chi connectivity index (χ2v) is 7.65. The van der Waals surface area contributed by atoms with Crippen molar-refractivity contribution in [2.24, 2.45) is 0 Å². The Balaban J connectivity index is 1.58. The van der Waals surface area contributed by atoms with Crippen molar-refractivity contribution in [1.29, 1.82) is 0 Å². The van der Waals surface area contributed by atoms with Crippen LogP contribution in [-0.4, -0.2) is 25.0 Å². The number of benzene rings is 1. The molecule has 130 valence electrons. The molecule has 0 N–H and O–H groups in total. The predicted molar refractivity (Wildman–Crippen MR) is 96.4 cm³/mol. The summed E-state index contributed by atoms with van der Waals surface area (Å²) in [7, 11) is 1.67. The molecule has 1 aromatic heterocycles. The largest absolute Gasteiger partial charge is 0.497 e. The molecule has 5 heteroatoms. The molecule has 0 spiro atoms. The summed E-state index contributed by atoms with van der Waals surface area (Å²) in [5.41, 5.74) is 3.60. The van der Waals surface area contributed by atoms with Crippen LogP contribution in [0.15, 0.2) is 24.3 Å². The van der Waals surface area contributed by atoms with Gasteiger partial charge >= 0.3 is 5.97 Å². The van der Waals surface area contributed by atoms with Crippen molar-refractivity contribution in [1.82, 2.24) is 0 Å². The Labute approximate surface area is 150 Å². The van der Waals surface area contributed by atoms with Crippen LogP contribution in [0.4, 0.5) is 0 Å². The van der Waals surface area contributed by atoms with Gasteiger partial charge in [-0.3, -0.25) is 4.79 Å². The van der Waals surface area contributed by atoms with Gasteiger partial charge in [0.15, 0.2) is 11.9 Å². The number of ether oxygens (including phenoxy) is 2. The molecule has 2 aliphatic rings. The smallest absolute Gasteiger partial charge is 0.349 e. The van der Waals surface area contributed by atoms with Gasteiger partial charge in [-0.05, 0) is 73.1 Å². The van der Waals surface area contributed by atoms with Crippen molar-refractivity contribution >= 4 is 23.1 Å². The normalized spacial score (nSPS) is 19.1. The number of carbonyl (C=O) groups is 2. The maximum Gasteiger partial charge on any atom is 0.349 e. The first-order valence-corrected chi connectivity index (χ1v) is 9.51. The molecule has 0 radical (unpaired) electrons. The zero-order valence-corrected chi connectivity index (χ0v) is 15.0. The number of ketones is 1. The molecule has 1 atom stereocenters. The Morgan fingerprint density at radius 2 is 1.96 bits per heavy atom. The van der Waals surface area contributed by atoms with E-state index >= 15 is 0 Å². The first-order valence-electron chi connectivity index (χ1n) is 8.69. The fraction of sp³-hybridized carbons (Fsp3) is 0.400. The third-order valence-electron chi connectivity index (χ3n) is 4.98. The van der Waals surface area contributed by atoms with Gasteiger partial charge < -0.3 is 9.47 Å². The number of hydrogen-bond acceptors (Lipinski definition) is 5. The van der Waals surface area contributed by atoms with Crippen LogP contribution in [-0.2, 0) is 22.4 Å². The minimum Gasteiger partial charge on any atom is -0.497 e. The molecular weight excluding hydrogens is 336 g/mol. The van der Waals surface area contributed by atoms with Gasteiger partial charge in [-0.2, -0.15) is 0 Å². The summed E-state index contributed by atoms with van der Waals surface area (Å²) >= 11 is 1.46. The van der Waals surface area contributed by atoms with Crippen molar-refractivity contribution in [3.63, 3.8) is 0 Å². The highest BCUT2D eigenvalue weighted by Crippen LogP contribution is 2.41. The zero-order valence-electron chi connectivity index (χ0n) is 14.2. The van der Waals surface area contributed by atoms with Gasteiger partial charge in [0.1, 0.15) is 10.6 Å². The fourth-order valence-electron chi connectivity index (χ4n) is 3.60. The molecular formula is C20H20O4S. The molecule has 1 aromatic carbocycles. The Morgan fingerprint density at radius 1 is 1.12 bits per heavy atom. The minimum absolute atomic E-state index is 0.0540. The lowest BCUT2D eigenvalue weighted by Crippen LogP contribution is -2.29. The van der Waals surface area contributed by atoms with Gasteiger partial charge in [0.25, 0.3) is 0 Å². The Hall–Kier alpha value is -2.14. The van der Waals surface area contributed by atoms with Gasteiger partial charge in [0.05, 0.1) is 7.11 Å². The van der Waals surface area contributed by atoms with Gasteiger partial charge in [-0.15, -0.1) is 11.3 Å². The summed E-state index contributed by atoms with van der Waals surface area (Å²) in [4.78, 5) is 26.1. The SMILES string of the molecule is COc1ccc2c(c1)CCc1cc(C(=O)O[C@@H]3CCCCC3=O)sc1-2. The van der Waals surface area contributed by atoms with Gasteiger partial charge in [-0.1, -0.05) is 0 Å². The Bertz CT molecular complexity index is 836. The van der Waals surface area contributed by atoms with E-state index in [1.165, 1.54) is 28.0 Å². The summed E-state index contributed by atoms with van der Waals surface area (Å²) < 4.78 is 10.8. The molecule has 25 heavy (non-hydrogen) atoms. The Kier molecular flexibility index (Phi) is 4.34. The lowest BCUT2D eigenvalue weighted by Gasteiger charge is -2.20. The van der Waals surface area contributed by atoms with Crippen LogP contribution in [0.1, 0.15) is 46.5 Å². The highest BCUT2D eigenvalue weighted by Gasteiger charge is 2.28. The number of carbonyl (C=O) groups excluding carboxylic acids is 2. The lowest BCUT2D eigenvalue weighted by atomic mass is 9.91. The molecule has 0 saturated heterocycles. The van der Waals surface area contributed by atoms with Crippen molar-refractivity contribution in [3.05, 3.63) is 40.3 Å². The van der Waals surface area contributed by atoms with E-state index in [0.717, 1.165) is 36.3 Å². The highest BCUT2D eigenvalue weighted by atomic mass is 32.1. The van der Waals surface area contributed by atoms with Crippen LogP contribution in [0.3, 0.4) is 0 Å². The molecule has 1 saturated carbocycles. The third kappa shape index (κ3) is 3.09. The number of esters is 1.